The Labute approximate surface area is 153 Å². The van der Waals surface area contributed by atoms with Crippen LogP contribution in [-0.2, 0) is 4.74 Å². The number of aliphatic imine (C=N–C) groups is 1. The molecular weight excluding hydrogens is 389 g/mol. The summed E-state index contributed by atoms with van der Waals surface area (Å²) in [5, 5.41) is 7.18. The maximum Gasteiger partial charge on any atom is 0.191 e. The van der Waals surface area contributed by atoms with Crippen LogP contribution >= 0.6 is 24.0 Å². The second kappa shape index (κ2) is 8.18. The van der Waals surface area contributed by atoms with E-state index in [2.05, 4.69) is 50.2 Å². The Hall–Kier alpha value is -0.0400. The number of hydrogen-bond acceptors (Lipinski definition) is 2. The summed E-state index contributed by atoms with van der Waals surface area (Å²) >= 11 is 0. The van der Waals surface area contributed by atoms with Crippen molar-refractivity contribution in [1.82, 2.24) is 10.6 Å². The van der Waals surface area contributed by atoms with Gasteiger partial charge in [0.05, 0.1) is 6.10 Å². The number of rotatable bonds is 5. The SMILES string of the molecule is CN=C(NC(C)CCC(C)C)NC1C2CCOC2C1(C)C.I. The third-order valence-corrected chi connectivity index (χ3v) is 5.18. The molecule has 0 spiro atoms. The van der Waals surface area contributed by atoms with Gasteiger partial charge in [-0.1, -0.05) is 27.7 Å². The van der Waals surface area contributed by atoms with E-state index in [0.717, 1.165) is 18.5 Å². The molecule has 5 heteroatoms. The third-order valence-electron chi connectivity index (χ3n) is 5.18. The van der Waals surface area contributed by atoms with E-state index >= 15 is 0 Å². The molecule has 0 aromatic rings. The Bertz CT molecular complexity index is 384. The first-order chi connectivity index (χ1) is 9.86. The van der Waals surface area contributed by atoms with Crippen molar-refractivity contribution in [1.29, 1.82) is 0 Å². The molecule has 0 aromatic carbocycles. The minimum Gasteiger partial charge on any atom is -0.377 e. The maximum atomic E-state index is 5.86. The van der Waals surface area contributed by atoms with E-state index in [4.69, 9.17) is 4.74 Å². The summed E-state index contributed by atoms with van der Waals surface area (Å²) in [5.41, 5.74) is 0.194. The second-order valence-electron chi connectivity index (χ2n) is 7.78. The van der Waals surface area contributed by atoms with Crippen LogP contribution in [0.1, 0.15) is 53.9 Å². The van der Waals surface area contributed by atoms with Gasteiger partial charge in [0.2, 0.25) is 0 Å². The molecule has 0 aromatic heterocycles. The average Bonchev–Trinajstić information content (AvgIpc) is 2.87. The first kappa shape index (κ1) is 20.0. The molecule has 22 heavy (non-hydrogen) atoms. The molecule has 2 N–H and O–H groups in total. The summed E-state index contributed by atoms with van der Waals surface area (Å²) < 4.78 is 5.86. The topological polar surface area (TPSA) is 45.7 Å². The predicted octanol–water partition coefficient (Wildman–Crippen LogP) is 3.41. The van der Waals surface area contributed by atoms with Gasteiger partial charge in [0.1, 0.15) is 0 Å². The number of guanidine groups is 1. The lowest BCUT2D eigenvalue weighted by molar-refractivity contribution is -0.106. The monoisotopic (exact) mass is 423 g/mol. The highest BCUT2D eigenvalue weighted by molar-refractivity contribution is 14.0. The van der Waals surface area contributed by atoms with Gasteiger partial charge < -0.3 is 15.4 Å². The van der Waals surface area contributed by atoms with Crippen LogP contribution in [0.3, 0.4) is 0 Å². The number of nitrogens with zero attached hydrogens (tertiary/aromatic N) is 1. The minimum atomic E-state index is 0. The van der Waals surface area contributed by atoms with Crippen LogP contribution < -0.4 is 10.6 Å². The Morgan fingerprint density at radius 1 is 1.27 bits per heavy atom. The van der Waals surface area contributed by atoms with E-state index in [0.29, 0.717) is 24.1 Å². The number of fused-ring (bicyclic) bond motifs is 1. The van der Waals surface area contributed by atoms with E-state index in [-0.39, 0.29) is 29.4 Å². The summed E-state index contributed by atoms with van der Waals surface area (Å²) in [4.78, 5) is 4.41. The van der Waals surface area contributed by atoms with Gasteiger partial charge in [-0.05, 0) is 32.1 Å². The van der Waals surface area contributed by atoms with Gasteiger partial charge in [-0.2, -0.15) is 0 Å². The smallest absolute Gasteiger partial charge is 0.191 e. The van der Waals surface area contributed by atoms with Crippen molar-refractivity contribution >= 4 is 29.9 Å². The molecule has 1 aliphatic heterocycles. The van der Waals surface area contributed by atoms with Crippen molar-refractivity contribution in [3.63, 3.8) is 0 Å². The largest absolute Gasteiger partial charge is 0.377 e. The summed E-state index contributed by atoms with van der Waals surface area (Å²) in [6, 6.07) is 0.922. The van der Waals surface area contributed by atoms with Crippen molar-refractivity contribution in [3.05, 3.63) is 0 Å². The van der Waals surface area contributed by atoms with Crippen molar-refractivity contribution in [3.8, 4) is 0 Å². The standard InChI is InChI=1S/C17H33N3O.HI/c1-11(2)7-8-12(3)19-16(18-6)20-14-13-9-10-21-15(13)17(14,4)5;/h11-15H,7-10H2,1-6H3,(H2,18,19,20);1H. The van der Waals surface area contributed by atoms with Gasteiger partial charge in [-0.25, -0.2) is 0 Å². The first-order valence-electron chi connectivity index (χ1n) is 8.47. The van der Waals surface area contributed by atoms with E-state index in [1.54, 1.807) is 0 Å². The first-order valence-corrected chi connectivity index (χ1v) is 8.47. The zero-order valence-electron chi connectivity index (χ0n) is 15.0. The Morgan fingerprint density at radius 3 is 2.55 bits per heavy atom. The molecule has 0 bridgehead atoms. The van der Waals surface area contributed by atoms with E-state index in [9.17, 15) is 0 Å². The second-order valence-corrected chi connectivity index (χ2v) is 7.78. The number of hydrogen-bond donors (Lipinski definition) is 2. The minimum absolute atomic E-state index is 0. The quantitative estimate of drug-likeness (QED) is 0.405. The molecule has 4 unspecified atom stereocenters. The molecule has 4 nitrogen and oxygen atoms in total. The highest BCUT2D eigenvalue weighted by Gasteiger charge is 2.59. The Kier molecular flexibility index (Phi) is 7.43. The maximum absolute atomic E-state index is 5.86. The van der Waals surface area contributed by atoms with Crippen LogP contribution in [0, 0.1) is 17.3 Å². The molecule has 130 valence electrons. The third kappa shape index (κ3) is 4.28. The number of halogens is 1. The Morgan fingerprint density at radius 2 is 1.95 bits per heavy atom. The Balaban J connectivity index is 0.00000242. The molecule has 2 aliphatic rings. The molecule has 2 rings (SSSR count). The highest BCUT2D eigenvalue weighted by Crippen LogP contribution is 2.52. The van der Waals surface area contributed by atoms with Gasteiger partial charge in [-0.3, -0.25) is 4.99 Å². The predicted molar refractivity (Wildman–Crippen MR) is 104 cm³/mol. The zero-order valence-corrected chi connectivity index (χ0v) is 17.3. The fourth-order valence-electron chi connectivity index (χ4n) is 3.82. The summed E-state index contributed by atoms with van der Waals surface area (Å²) in [5.74, 6) is 2.34. The molecule has 1 heterocycles. The normalized spacial score (nSPS) is 31.0. The van der Waals surface area contributed by atoms with E-state index in [1.165, 1.54) is 19.3 Å². The van der Waals surface area contributed by atoms with E-state index < -0.39 is 0 Å². The summed E-state index contributed by atoms with van der Waals surface area (Å²) in [6.07, 6.45) is 4.03. The fourth-order valence-corrected chi connectivity index (χ4v) is 3.82. The van der Waals surface area contributed by atoms with Gasteiger partial charge in [0.25, 0.3) is 0 Å². The van der Waals surface area contributed by atoms with Crippen LogP contribution in [0.15, 0.2) is 4.99 Å². The number of ether oxygens (including phenoxy) is 1. The molecule has 1 aliphatic carbocycles. The summed E-state index contributed by atoms with van der Waals surface area (Å²) in [6.45, 7) is 12.3. The van der Waals surface area contributed by atoms with Crippen LogP contribution in [0.5, 0.6) is 0 Å². The molecular formula is C17H34IN3O. The van der Waals surface area contributed by atoms with Crippen LogP contribution in [0.25, 0.3) is 0 Å². The molecule has 4 atom stereocenters. The highest BCUT2D eigenvalue weighted by atomic mass is 127. The molecule has 0 amide bonds. The zero-order chi connectivity index (χ0) is 15.6. The molecule has 2 fully saturated rings. The lowest BCUT2D eigenvalue weighted by Crippen LogP contribution is -2.68. The van der Waals surface area contributed by atoms with Crippen molar-refractivity contribution in [2.75, 3.05) is 13.7 Å². The number of nitrogens with one attached hydrogen (secondary N) is 2. The molecule has 1 saturated carbocycles. The fraction of sp³-hybridized carbons (Fsp3) is 0.941. The van der Waals surface area contributed by atoms with Crippen molar-refractivity contribution in [2.24, 2.45) is 22.2 Å². The molecule has 1 saturated heterocycles. The van der Waals surface area contributed by atoms with Gasteiger partial charge in [0, 0.05) is 37.1 Å². The lowest BCUT2D eigenvalue weighted by atomic mass is 9.57. The molecule has 0 radical (unpaired) electrons. The van der Waals surface area contributed by atoms with Crippen LogP contribution in [-0.4, -0.2) is 37.8 Å². The average molecular weight is 423 g/mol. The lowest BCUT2D eigenvalue weighted by Gasteiger charge is -2.55. The van der Waals surface area contributed by atoms with Gasteiger partial charge >= 0.3 is 0 Å². The van der Waals surface area contributed by atoms with Crippen LogP contribution in [0.4, 0.5) is 0 Å². The van der Waals surface area contributed by atoms with Crippen LogP contribution in [0.2, 0.25) is 0 Å². The van der Waals surface area contributed by atoms with E-state index in [1.807, 2.05) is 7.05 Å². The van der Waals surface area contributed by atoms with Gasteiger partial charge in [0.15, 0.2) is 5.96 Å². The summed E-state index contributed by atoms with van der Waals surface area (Å²) in [7, 11) is 1.86. The van der Waals surface area contributed by atoms with Crippen molar-refractivity contribution in [2.45, 2.75) is 72.1 Å². The van der Waals surface area contributed by atoms with Gasteiger partial charge in [-0.15, -0.1) is 24.0 Å². The van der Waals surface area contributed by atoms with Crippen molar-refractivity contribution < 1.29 is 4.74 Å².